The quantitative estimate of drug-likeness (QED) is 0.0575. The van der Waals surface area contributed by atoms with Crippen molar-refractivity contribution in [2.45, 2.75) is 83.0 Å². The Hall–Kier alpha value is -5.50. The standard InChI is InChI=1S/C26H40N6O15/c1-26(2,3)47-25(46)29-12-19(36)30-13(22(41)28-11-18(35)32-15(24(44)45)6-9-21(39)40)4-7-16(33)27-10-17(34)31-14(23(42)43)5-8-20(37)38/h13-15H,4-12H2,1-3H3,(H,27,33)(H,28,41)(H,29,46)(H,30,36)(H,31,34)(H,32,35)(H,37,38)(H,39,40)(H,42,43)(H,44,45). The molecule has 0 aromatic heterocycles. The third-order valence-electron chi connectivity index (χ3n) is 5.53. The number of aliphatic carboxylic acids is 4. The van der Waals surface area contributed by atoms with Gasteiger partial charge in [-0.3, -0.25) is 33.6 Å². The summed E-state index contributed by atoms with van der Waals surface area (Å²) < 4.78 is 5.00. The van der Waals surface area contributed by atoms with Gasteiger partial charge in [-0.25, -0.2) is 14.4 Å². The number of alkyl carbamates (subject to hydrolysis) is 1. The van der Waals surface area contributed by atoms with E-state index < -0.39 is 141 Å². The summed E-state index contributed by atoms with van der Waals surface area (Å²) in [5.74, 6) is -10.3. The van der Waals surface area contributed by atoms with E-state index in [9.17, 15) is 53.1 Å². The van der Waals surface area contributed by atoms with E-state index in [4.69, 9.17) is 20.1 Å². The summed E-state index contributed by atoms with van der Waals surface area (Å²) in [5, 5.41) is 48.5. The van der Waals surface area contributed by atoms with Crippen LogP contribution >= 0.6 is 0 Å². The van der Waals surface area contributed by atoms with Crippen LogP contribution in [0.1, 0.15) is 59.3 Å². The largest absolute Gasteiger partial charge is 0.481 e. The van der Waals surface area contributed by atoms with Crippen LogP contribution in [0.25, 0.3) is 0 Å². The van der Waals surface area contributed by atoms with Crippen LogP contribution in [0.15, 0.2) is 0 Å². The normalized spacial score (nSPS) is 12.6. The van der Waals surface area contributed by atoms with Crippen molar-refractivity contribution in [2.75, 3.05) is 19.6 Å². The number of hydrogen-bond donors (Lipinski definition) is 10. The molecule has 0 aliphatic heterocycles. The van der Waals surface area contributed by atoms with Crippen molar-refractivity contribution in [3.05, 3.63) is 0 Å². The molecule has 3 unspecified atom stereocenters. The van der Waals surface area contributed by atoms with E-state index in [2.05, 4.69) is 21.3 Å². The highest BCUT2D eigenvalue weighted by molar-refractivity contribution is 5.93. The maximum atomic E-state index is 12.8. The molecule has 0 heterocycles. The summed E-state index contributed by atoms with van der Waals surface area (Å²) in [5.41, 5.74) is -0.881. The molecule has 10 N–H and O–H groups in total. The van der Waals surface area contributed by atoms with E-state index in [0.717, 1.165) is 0 Å². The lowest BCUT2D eigenvalue weighted by Crippen LogP contribution is -2.52. The smallest absolute Gasteiger partial charge is 0.408 e. The highest BCUT2D eigenvalue weighted by Crippen LogP contribution is 2.06. The predicted molar refractivity (Wildman–Crippen MR) is 154 cm³/mol. The third kappa shape index (κ3) is 21.0. The van der Waals surface area contributed by atoms with Gasteiger partial charge in [0, 0.05) is 19.3 Å². The molecule has 0 bridgehead atoms. The van der Waals surface area contributed by atoms with E-state index in [0.29, 0.717) is 0 Å². The molecular weight excluding hydrogens is 636 g/mol. The molecule has 0 radical (unpaired) electrons. The van der Waals surface area contributed by atoms with Gasteiger partial charge in [-0.1, -0.05) is 0 Å². The molecule has 0 saturated carbocycles. The van der Waals surface area contributed by atoms with Gasteiger partial charge >= 0.3 is 30.0 Å². The van der Waals surface area contributed by atoms with Gasteiger partial charge in [0.2, 0.25) is 29.5 Å². The summed E-state index contributed by atoms with van der Waals surface area (Å²) in [4.78, 5) is 118. The first-order valence-corrected chi connectivity index (χ1v) is 14.0. The zero-order chi connectivity index (χ0) is 36.3. The molecule has 0 aromatic rings. The number of rotatable bonds is 21. The number of nitrogens with one attached hydrogen (secondary N) is 6. The van der Waals surface area contributed by atoms with Gasteiger partial charge in [0.25, 0.3) is 0 Å². The zero-order valence-corrected chi connectivity index (χ0v) is 25.9. The lowest BCUT2D eigenvalue weighted by atomic mass is 10.1. The zero-order valence-electron chi connectivity index (χ0n) is 25.9. The average Bonchev–Trinajstić information content (AvgIpc) is 2.94. The first kappa shape index (κ1) is 41.5. The predicted octanol–water partition coefficient (Wildman–Crippen LogP) is -3.12. The van der Waals surface area contributed by atoms with Crippen molar-refractivity contribution in [2.24, 2.45) is 0 Å². The Balaban J connectivity index is 5.30. The van der Waals surface area contributed by atoms with E-state index in [1.54, 1.807) is 20.8 Å². The summed E-state index contributed by atoms with van der Waals surface area (Å²) in [6.07, 6.45) is -3.85. The van der Waals surface area contributed by atoms with Gasteiger partial charge in [0.05, 0.1) is 13.1 Å². The summed E-state index contributed by atoms with van der Waals surface area (Å²) in [7, 11) is 0. The van der Waals surface area contributed by atoms with Crippen molar-refractivity contribution in [1.29, 1.82) is 0 Å². The lowest BCUT2D eigenvalue weighted by Gasteiger charge is -2.21. The summed E-state index contributed by atoms with van der Waals surface area (Å²) in [6, 6.07) is -4.62. The molecule has 0 saturated heterocycles. The summed E-state index contributed by atoms with van der Waals surface area (Å²) in [6.45, 7) is 2.54. The van der Waals surface area contributed by atoms with Crippen LogP contribution in [-0.4, -0.2) is 123 Å². The van der Waals surface area contributed by atoms with E-state index in [-0.39, 0.29) is 0 Å². The second kappa shape index (κ2) is 20.5. The monoisotopic (exact) mass is 676 g/mol. The molecule has 264 valence electrons. The first-order chi connectivity index (χ1) is 21.7. The second-order valence-electron chi connectivity index (χ2n) is 10.8. The highest BCUT2D eigenvalue weighted by atomic mass is 16.6. The molecule has 6 amide bonds. The van der Waals surface area contributed by atoms with Crippen LogP contribution < -0.4 is 31.9 Å². The van der Waals surface area contributed by atoms with Crippen LogP contribution in [0.2, 0.25) is 0 Å². The van der Waals surface area contributed by atoms with Crippen LogP contribution in [0.3, 0.4) is 0 Å². The Morgan fingerprint density at radius 1 is 0.532 bits per heavy atom. The minimum absolute atomic E-state index is 0.416. The third-order valence-corrected chi connectivity index (χ3v) is 5.53. The number of amides is 6. The van der Waals surface area contributed by atoms with Gasteiger partial charge in [0.1, 0.15) is 30.3 Å². The molecule has 0 rings (SSSR count). The number of ether oxygens (including phenoxy) is 1. The van der Waals surface area contributed by atoms with Crippen LogP contribution in [-0.2, 0) is 47.9 Å². The molecular formula is C26H40N6O15. The maximum Gasteiger partial charge on any atom is 0.408 e. The topological polar surface area (TPSA) is 333 Å². The van der Waals surface area contributed by atoms with Crippen molar-refractivity contribution >= 4 is 59.5 Å². The Labute approximate surface area is 267 Å². The lowest BCUT2D eigenvalue weighted by molar-refractivity contribution is -0.144. The Kier molecular flexibility index (Phi) is 18.1. The van der Waals surface area contributed by atoms with Crippen molar-refractivity contribution in [3.63, 3.8) is 0 Å². The van der Waals surface area contributed by atoms with Crippen LogP contribution in [0, 0.1) is 0 Å². The van der Waals surface area contributed by atoms with E-state index in [1.807, 2.05) is 10.6 Å². The van der Waals surface area contributed by atoms with E-state index in [1.165, 1.54) is 0 Å². The number of hydrogen-bond acceptors (Lipinski definition) is 11. The SMILES string of the molecule is CC(C)(C)OC(=O)NCC(=O)NC(CCC(=O)NCC(=O)NC(CCC(=O)O)C(=O)O)C(=O)NCC(=O)NC(CCC(=O)O)C(=O)O. The van der Waals surface area contributed by atoms with Crippen molar-refractivity contribution < 1.29 is 73.1 Å². The molecule has 0 aromatic carbocycles. The molecule has 0 aliphatic rings. The Morgan fingerprint density at radius 2 is 0.915 bits per heavy atom. The molecule has 47 heavy (non-hydrogen) atoms. The molecule has 21 nitrogen and oxygen atoms in total. The summed E-state index contributed by atoms with van der Waals surface area (Å²) >= 11 is 0. The highest BCUT2D eigenvalue weighted by Gasteiger charge is 2.26. The first-order valence-electron chi connectivity index (χ1n) is 14.0. The van der Waals surface area contributed by atoms with E-state index >= 15 is 0 Å². The minimum Gasteiger partial charge on any atom is -0.481 e. The fourth-order valence-corrected chi connectivity index (χ4v) is 3.36. The van der Waals surface area contributed by atoms with Gasteiger partial charge < -0.3 is 57.1 Å². The van der Waals surface area contributed by atoms with Crippen molar-refractivity contribution in [3.8, 4) is 0 Å². The average molecular weight is 677 g/mol. The molecule has 0 aliphatic carbocycles. The molecule has 3 atom stereocenters. The van der Waals surface area contributed by atoms with Gasteiger partial charge in [-0.2, -0.15) is 0 Å². The van der Waals surface area contributed by atoms with Gasteiger partial charge in [-0.15, -0.1) is 0 Å². The van der Waals surface area contributed by atoms with Gasteiger partial charge in [-0.05, 0) is 40.0 Å². The Bertz CT molecular complexity index is 1200. The van der Waals surface area contributed by atoms with Gasteiger partial charge in [0.15, 0.2) is 0 Å². The van der Waals surface area contributed by atoms with Crippen LogP contribution in [0.4, 0.5) is 4.79 Å². The number of carbonyl (C=O) groups is 10. The fraction of sp³-hybridized carbons (Fsp3) is 0.615. The Morgan fingerprint density at radius 3 is 1.32 bits per heavy atom. The molecule has 21 heteroatoms. The molecule has 0 fully saturated rings. The number of carboxylic acids is 4. The van der Waals surface area contributed by atoms with Crippen LogP contribution in [0.5, 0.6) is 0 Å². The second-order valence-corrected chi connectivity index (χ2v) is 10.8. The minimum atomic E-state index is -1.58. The number of carbonyl (C=O) groups excluding carboxylic acids is 6. The maximum absolute atomic E-state index is 12.8. The number of carboxylic acid groups (broad SMARTS) is 4. The fourth-order valence-electron chi connectivity index (χ4n) is 3.36. The van der Waals surface area contributed by atoms with Crippen molar-refractivity contribution in [1.82, 2.24) is 31.9 Å². The molecule has 0 spiro atoms.